The van der Waals surface area contributed by atoms with Crippen LogP contribution in [0, 0.1) is 24.2 Å². The van der Waals surface area contributed by atoms with Crippen LogP contribution in [0.15, 0.2) is 59.8 Å². The summed E-state index contributed by atoms with van der Waals surface area (Å²) in [5, 5.41) is 17.3. The lowest BCUT2D eigenvalue weighted by atomic mass is 9.84. The number of aromatic amines is 1. The predicted molar refractivity (Wildman–Crippen MR) is 136 cm³/mol. The number of pyridine rings is 1. The maximum Gasteiger partial charge on any atom is 0.269 e. The van der Waals surface area contributed by atoms with Crippen molar-refractivity contribution in [2.75, 3.05) is 0 Å². The van der Waals surface area contributed by atoms with Crippen LogP contribution in [0.25, 0.3) is 33.6 Å². The lowest BCUT2D eigenvalue weighted by molar-refractivity contribution is 0.283. The van der Waals surface area contributed by atoms with Gasteiger partial charge in [-0.2, -0.15) is 10.4 Å². The van der Waals surface area contributed by atoms with Crippen LogP contribution in [-0.4, -0.2) is 37.1 Å². The molecule has 0 unspecified atom stereocenters. The van der Waals surface area contributed by atoms with Gasteiger partial charge in [0, 0.05) is 24.0 Å². The maximum absolute atomic E-state index is 13.4. The molecule has 0 bridgehead atoms. The van der Waals surface area contributed by atoms with E-state index in [-0.39, 0.29) is 10.9 Å². The minimum absolute atomic E-state index is 0.170. The van der Waals surface area contributed by atoms with E-state index in [0.29, 0.717) is 23.5 Å². The van der Waals surface area contributed by atoms with Crippen LogP contribution in [0.3, 0.4) is 0 Å². The standard InChI is InChI=1S/C26H25N7O2S/c1-17-15-22(31-30-17)26-29-23-16-28-25-21(12-14-32(25)36(34,35)20-5-3-2-4-6-20)24(23)33(26)19-9-7-18(8-10-19)11-13-27/h2-6,12,14-16,18-19H,7-11H2,1H3,(H,30,31)/t18-,19-. The van der Waals surface area contributed by atoms with Gasteiger partial charge in [-0.25, -0.2) is 22.4 Å². The Morgan fingerprint density at radius 2 is 1.92 bits per heavy atom. The molecule has 1 N–H and O–H groups in total. The van der Waals surface area contributed by atoms with Gasteiger partial charge < -0.3 is 4.57 Å². The van der Waals surface area contributed by atoms with Gasteiger partial charge in [0.15, 0.2) is 11.5 Å². The average Bonchev–Trinajstić information content (AvgIpc) is 3.61. The van der Waals surface area contributed by atoms with Gasteiger partial charge in [-0.05, 0) is 62.8 Å². The molecule has 182 valence electrons. The fraction of sp³-hybridized carbons (Fsp3) is 0.308. The fourth-order valence-corrected chi connectivity index (χ4v) is 6.69. The first kappa shape index (κ1) is 22.5. The molecule has 0 amide bonds. The van der Waals surface area contributed by atoms with Gasteiger partial charge in [0.1, 0.15) is 11.2 Å². The number of nitriles is 1. The summed E-state index contributed by atoms with van der Waals surface area (Å²) in [6.07, 6.45) is 7.58. The van der Waals surface area contributed by atoms with E-state index in [0.717, 1.165) is 53.8 Å². The number of H-pyrrole nitrogens is 1. The second-order valence-corrected chi connectivity index (χ2v) is 11.2. The van der Waals surface area contributed by atoms with Crippen molar-refractivity contribution in [3.8, 4) is 17.6 Å². The van der Waals surface area contributed by atoms with Crippen molar-refractivity contribution in [3.63, 3.8) is 0 Å². The zero-order valence-electron chi connectivity index (χ0n) is 19.8. The molecule has 0 aliphatic heterocycles. The van der Waals surface area contributed by atoms with Crippen molar-refractivity contribution in [2.45, 2.75) is 50.0 Å². The first-order valence-corrected chi connectivity index (χ1v) is 13.5. The molecule has 5 aromatic rings. The highest BCUT2D eigenvalue weighted by Gasteiger charge is 2.29. The maximum atomic E-state index is 13.4. The van der Waals surface area contributed by atoms with E-state index in [1.54, 1.807) is 42.7 Å². The second kappa shape index (κ2) is 8.60. The molecular formula is C26H25N7O2S. The minimum atomic E-state index is -3.81. The Hall–Kier alpha value is -3.97. The Labute approximate surface area is 208 Å². The molecule has 4 heterocycles. The highest BCUT2D eigenvalue weighted by molar-refractivity contribution is 7.90. The monoisotopic (exact) mass is 499 g/mol. The van der Waals surface area contributed by atoms with E-state index in [9.17, 15) is 8.42 Å². The average molecular weight is 500 g/mol. The number of hydrogen-bond donors (Lipinski definition) is 1. The van der Waals surface area contributed by atoms with Gasteiger partial charge >= 0.3 is 0 Å². The quantitative estimate of drug-likeness (QED) is 0.364. The number of fused-ring (bicyclic) bond motifs is 3. The third-order valence-electron chi connectivity index (χ3n) is 7.14. The molecule has 1 aromatic carbocycles. The summed E-state index contributed by atoms with van der Waals surface area (Å²) >= 11 is 0. The smallest absolute Gasteiger partial charge is 0.269 e. The fourth-order valence-electron chi connectivity index (χ4n) is 5.37. The van der Waals surface area contributed by atoms with E-state index >= 15 is 0 Å². The number of nitrogens with zero attached hydrogens (tertiary/aromatic N) is 6. The number of benzene rings is 1. The molecule has 36 heavy (non-hydrogen) atoms. The molecule has 1 fully saturated rings. The van der Waals surface area contributed by atoms with Crippen LogP contribution < -0.4 is 0 Å². The van der Waals surface area contributed by atoms with Crippen LogP contribution in [0.5, 0.6) is 0 Å². The van der Waals surface area contributed by atoms with Crippen LogP contribution in [-0.2, 0) is 10.0 Å². The third-order valence-corrected chi connectivity index (χ3v) is 8.82. The normalized spacial score (nSPS) is 18.6. The molecule has 6 rings (SSSR count). The summed E-state index contributed by atoms with van der Waals surface area (Å²) in [4.78, 5) is 9.68. The molecule has 0 spiro atoms. The molecule has 9 nitrogen and oxygen atoms in total. The lowest BCUT2D eigenvalue weighted by Crippen LogP contribution is -2.19. The topological polar surface area (TPSA) is 122 Å². The van der Waals surface area contributed by atoms with Crippen molar-refractivity contribution in [3.05, 3.63) is 60.6 Å². The SMILES string of the molecule is Cc1cc(-c2nc3cnc4c(ccn4S(=O)(=O)c4ccccc4)c3n2[C@H]2CC[C@H](CC#N)CC2)[nH]n1. The molecule has 1 saturated carbocycles. The highest BCUT2D eigenvalue weighted by atomic mass is 32.2. The van der Waals surface area contributed by atoms with Gasteiger partial charge in [-0.15, -0.1) is 0 Å². The van der Waals surface area contributed by atoms with Crippen LogP contribution >= 0.6 is 0 Å². The van der Waals surface area contributed by atoms with Crippen molar-refractivity contribution in [1.82, 2.24) is 28.7 Å². The van der Waals surface area contributed by atoms with Gasteiger partial charge in [-0.1, -0.05) is 18.2 Å². The summed E-state index contributed by atoms with van der Waals surface area (Å²) in [7, 11) is -3.81. The molecule has 4 aromatic heterocycles. The Morgan fingerprint density at radius 1 is 1.14 bits per heavy atom. The Bertz CT molecular complexity index is 1720. The predicted octanol–water partition coefficient (Wildman–Crippen LogP) is 4.97. The van der Waals surface area contributed by atoms with Gasteiger partial charge in [0.2, 0.25) is 0 Å². The second-order valence-electron chi connectivity index (χ2n) is 9.42. The van der Waals surface area contributed by atoms with Gasteiger partial charge in [0.25, 0.3) is 10.0 Å². The largest absolute Gasteiger partial charge is 0.319 e. The minimum Gasteiger partial charge on any atom is -0.319 e. The number of aromatic nitrogens is 6. The number of nitrogens with one attached hydrogen (secondary N) is 1. The van der Waals surface area contributed by atoms with Crippen LogP contribution in [0.2, 0.25) is 0 Å². The molecular weight excluding hydrogens is 474 g/mol. The summed E-state index contributed by atoms with van der Waals surface area (Å²) < 4.78 is 30.3. The van der Waals surface area contributed by atoms with E-state index in [1.165, 1.54) is 3.97 Å². The number of imidazole rings is 1. The number of rotatable bonds is 5. The number of hydrogen-bond acceptors (Lipinski definition) is 6. The summed E-state index contributed by atoms with van der Waals surface area (Å²) in [6.45, 7) is 1.93. The number of aryl methyl sites for hydroxylation is 1. The molecule has 1 aliphatic carbocycles. The molecule has 10 heteroatoms. The van der Waals surface area contributed by atoms with Crippen LogP contribution in [0.4, 0.5) is 0 Å². The van der Waals surface area contributed by atoms with Crippen molar-refractivity contribution in [2.24, 2.45) is 5.92 Å². The van der Waals surface area contributed by atoms with Gasteiger partial charge in [-0.3, -0.25) is 5.10 Å². The first-order chi connectivity index (χ1) is 17.5. The highest BCUT2D eigenvalue weighted by Crippen LogP contribution is 2.40. The van der Waals surface area contributed by atoms with Crippen molar-refractivity contribution >= 4 is 32.1 Å². The summed E-state index contributed by atoms with van der Waals surface area (Å²) in [6, 6.07) is 14.6. The third kappa shape index (κ3) is 3.58. The van der Waals surface area contributed by atoms with Crippen molar-refractivity contribution < 1.29 is 8.42 Å². The Kier molecular flexibility index (Phi) is 5.38. The van der Waals surface area contributed by atoms with Crippen molar-refractivity contribution in [1.29, 1.82) is 5.26 Å². The summed E-state index contributed by atoms with van der Waals surface area (Å²) in [5.74, 6) is 1.18. The molecule has 0 saturated heterocycles. The summed E-state index contributed by atoms with van der Waals surface area (Å²) in [5.41, 5.74) is 3.63. The van der Waals surface area contributed by atoms with Gasteiger partial charge in [0.05, 0.1) is 28.4 Å². The Balaban J connectivity index is 1.55. The van der Waals surface area contributed by atoms with E-state index in [4.69, 9.17) is 10.2 Å². The lowest BCUT2D eigenvalue weighted by Gasteiger charge is -2.29. The zero-order valence-corrected chi connectivity index (χ0v) is 20.6. The van der Waals surface area contributed by atoms with E-state index in [2.05, 4.69) is 25.8 Å². The van der Waals surface area contributed by atoms with E-state index in [1.807, 2.05) is 19.1 Å². The molecule has 0 atom stereocenters. The first-order valence-electron chi connectivity index (χ1n) is 12.1. The Morgan fingerprint density at radius 3 is 2.61 bits per heavy atom. The zero-order chi connectivity index (χ0) is 24.9. The molecule has 0 radical (unpaired) electrons. The van der Waals surface area contributed by atoms with Crippen LogP contribution in [0.1, 0.15) is 43.8 Å². The molecule has 1 aliphatic rings. The van der Waals surface area contributed by atoms with E-state index < -0.39 is 10.0 Å².